The molecule has 2 aliphatic heterocycles. The molecule has 25 heavy (non-hydrogen) atoms. The number of nitrogens with one attached hydrogen (secondary N) is 1. The normalized spacial score (nSPS) is 21.9. The minimum absolute atomic E-state index is 0.0802. The van der Waals surface area contributed by atoms with Gasteiger partial charge in [0.25, 0.3) is 0 Å². The second-order valence-corrected chi connectivity index (χ2v) is 7.21. The van der Waals surface area contributed by atoms with E-state index in [1.54, 1.807) is 0 Å². The summed E-state index contributed by atoms with van der Waals surface area (Å²) in [5.74, 6) is 2.47. The Kier molecular flexibility index (Phi) is 5.46. The molecule has 1 aromatic rings. The topological polar surface area (TPSA) is 67.9 Å². The molecule has 0 saturated carbocycles. The average Bonchev–Trinajstić information content (AvgIpc) is 3.04. The van der Waals surface area contributed by atoms with Crippen molar-refractivity contribution in [1.82, 2.24) is 10.2 Å². The molecular formula is C19H26N2O4. The van der Waals surface area contributed by atoms with E-state index in [9.17, 15) is 9.59 Å². The summed E-state index contributed by atoms with van der Waals surface area (Å²) in [6, 6.07) is 5.60. The summed E-state index contributed by atoms with van der Waals surface area (Å²) in [7, 11) is 0. The first-order valence-electron chi connectivity index (χ1n) is 8.94. The van der Waals surface area contributed by atoms with Gasteiger partial charge in [-0.1, -0.05) is 19.9 Å². The molecule has 0 radical (unpaired) electrons. The van der Waals surface area contributed by atoms with E-state index in [1.165, 1.54) is 6.42 Å². The molecule has 136 valence electrons. The predicted molar refractivity (Wildman–Crippen MR) is 93.2 cm³/mol. The van der Waals surface area contributed by atoms with Crippen molar-refractivity contribution in [3.8, 4) is 11.5 Å². The van der Waals surface area contributed by atoms with Gasteiger partial charge in [0, 0.05) is 32.5 Å². The molecule has 2 aliphatic rings. The van der Waals surface area contributed by atoms with Gasteiger partial charge in [-0.2, -0.15) is 0 Å². The summed E-state index contributed by atoms with van der Waals surface area (Å²) in [6.07, 6.45) is 1.66. The highest BCUT2D eigenvalue weighted by Crippen LogP contribution is 2.32. The zero-order chi connectivity index (χ0) is 17.8. The first kappa shape index (κ1) is 17.6. The number of likely N-dealkylation sites (tertiary alicyclic amines) is 1. The molecule has 0 spiro atoms. The van der Waals surface area contributed by atoms with Crippen LogP contribution < -0.4 is 14.8 Å². The van der Waals surface area contributed by atoms with Crippen LogP contribution in [0.15, 0.2) is 18.2 Å². The summed E-state index contributed by atoms with van der Waals surface area (Å²) in [5.41, 5.74) is 0.947. The van der Waals surface area contributed by atoms with Crippen LogP contribution in [0, 0.1) is 11.8 Å². The van der Waals surface area contributed by atoms with Gasteiger partial charge in [0.15, 0.2) is 11.5 Å². The first-order chi connectivity index (χ1) is 12.0. The number of rotatable bonds is 5. The van der Waals surface area contributed by atoms with Crippen molar-refractivity contribution in [3.05, 3.63) is 23.8 Å². The van der Waals surface area contributed by atoms with Crippen molar-refractivity contribution in [3.63, 3.8) is 0 Å². The molecule has 0 unspecified atom stereocenters. The summed E-state index contributed by atoms with van der Waals surface area (Å²) < 4.78 is 10.6. The summed E-state index contributed by atoms with van der Waals surface area (Å²) in [6.45, 7) is 6.62. The largest absolute Gasteiger partial charge is 0.454 e. The lowest BCUT2D eigenvalue weighted by Gasteiger charge is -2.35. The number of fused-ring (bicyclic) bond motifs is 1. The SMILES string of the molecule is C[C@H]1C[C@H](C)CN(C(=O)CCC(=O)NCc2ccc3c(c2)OCO3)C1. The Morgan fingerprint density at radius 3 is 2.60 bits per heavy atom. The van der Waals surface area contributed by atoms with Gasteiger partial charge in [-0.3, -0.25) is 9.59 Å². The zero-order valence-electron chi connectivity index (χ0n) is 14.9. The lowest BCUT2D eigenvalue weighted by Crippen LogP contribution is -2.42. The van der Waals surface area contributed by atoms with E-state index in [0.717, 1.165) is 24.4 Å². The fraction of sp³-hybridized carbons (Fsp3) is 0.579. The van der Waals surface area contributed by atoms with E-state index in [4.69, 9.17) is 9.47 Å². The maximum absolute atomic E-state index is 12.3. The van der Waals surface area contributed by atoms with E-state index in [2.05, 4.69) is 19.2 Å². The van der Waals surface area contributed by atoms with Crippen LogP contribution in [0.25, 0.3) is 0 Å². The predicted octanol–water partition coefficient (Wildman–Crippen LogP) is 2.32. The summed E-state index contributed by atoms with van der Waals surface area (Å²) in [5, 5.41) is 2.86. The monoisotopic (exact) mass is 346 g/mol. The lowest BCUT2D eigenvalue weighted by atomic mass is 9.91. The van der Waals surface area contributed by atoms with E-state index in [0.29, 0.717) is 24.1 Å². The Morgan fingerprint density at radius 1 is 1.12 bits per heavy atom. The van der Waals surface area contributed by atoms with Crippen molar-refractivity contribution < 1.29 is 19.1 Å². The summed E-state index contributed by atoms with van der Waals surface area (Å²) in [4.78, 5) is 26.2. The van der Waals surface area contributed by atoms with Crippen LogP contribution in [0.2, 0.25) is 0 Å². The Morgan fingerprint density at radius 2 is 1.84 bits per heavy atom. The van der Waals surface area contributed by atoms with Crippen LogP contribution in [0.4, 0.5) is 0 Å². The molecule has 6 nitrogen and oxygen atoms in total. The maximum atomic E-state index is 12.3. The standard InChI is InChI=1S/C19H26N2O4/c1-13-7-14(2)11-21(10-13)19(23)6-5-18(22)20-9-15-3-4-16-17(8-15)25-12-24-16/h3-4,8,13-14H,5-7,9-12H2,1-2H3,(H,20,22)/t13-,14-/m0/s1. The second kappa shape index (κ2) is 7.76. The molecule has 2 atom stereocenters. The number of carbonyl (C=O) groups excluding carboxylic acids is 2. The Bertz CT molecular complexity index is 636. The van der Waals surface area contributed by atoms with Gasteiger partial charge in [0.2, 0.25) is 18.6 Å². The van der Waals surface area contributed by atoms with Crippen molar-refractivity contribution in [2.24, 2.45) is 11.8 Å². The number of amides is 2. The molecule has 0 aromatic heterocycles. The van der Waals surface area contributed by atoms with Crippen LogP contribution in [0.5, 0.6) is 11.5 Å². The van der Waals surface area contributed by atoms with E-state index < -0.39 is 0 Å². The Labute approximate surface area is 148 Å². The number of benzene rings is 1. The van der Waals surface area contributed by atoms with Crippen LogP contribution >= 0.6 is 0 Å². The van der Waals surface area contributed by atoms with E-state index >= 15 is 0 Å². The van der Waals surface area contributed by atoms with Gasteiger partial charge < -0.3 is 19.7 Å². The highest BCUT2D eigenvalue weighted by atomic mass is 16.7. The van der Waals surface area contributed by atoms with Gasteiger partial charge in [-0.15, -0.1) is 0 Å². The molecule has 2 amide bonds. The van der Waals surface area contributed by atoms with Crippen molar-refractivity contribution >= 4 is 11.8 Å². The average molecular weight is 346 g/mol. The minimum atomic E-state index is -0.107. The van der Waals surface area contributed by atoms with Crippen molar-refractivity contribution in [2.45, 2.75) is 39.7 Å². The highest BCUT2D eigenvalue weighted by molar-refractivity contribution is 5.83. The quantitative estimate of drug-likeness (QED) is 0.888. The molecule has 1 fully saturated rings. The number of ether oxygens (including phenoxy) is 2. The molecular weight excluding hydrogens is 320 g/mol. The van der Waals surface area contributed by atoms with Gasteiger partial charge in [0.1, 0.15) is 0 Å². The second-order valence-electron chi connectivity index (χ2n) is 7.21. The van der Waals surface area contributed by atoms with Crippen LogP contribution in [-0.2, 0) is 16.1 Å². The first-order valence-corrected chi connectivity index (χ1v) is 8.94. The van der Waals surface area contributed by atoms with Gasteiger partial charge in [-0.05, 0) is 36.0 Å². The number of nitrogens with zero attached hydrogens (tertiary/aromatic N) is 1. The number of carbonyl (C=O) groups is 2. The van der Waals surface area contributed by atoms with Crippen LogP contribution in [-0.4, -0.2) is 36.6 Å². The third-order valence-corrected chi connectivity index (χ3v) is 4.71. The molecule has 3 rings (SSSR count). The Balaban J connectivity index is 1.41. The zero-order valence-corrected chi connectivity index (χ0v) is 14.9. The molecule has 0 aliphatic carbocycles. The molecule has 0 bridgehead atoms. The fourth-order valence-electron chi connectivity index (χ4n) is 3.59. The number of hydrogen-bond donors (Lipinski definition) is 1. The van der Waals surface area contributed by atoms with Gasteiger partial charge in [-0.25, -0.2) is 0 Å². The number of piperidine rings is 1. The molecule has 1 N–H and O–H groups in total. The van der Waals surface area contributed by atoms with Gasteiger partial charge in [0.05, 0.1) is 0 Å². The molecule has 1 saturated heterocycles. The minimum Gasteiger partial charge on any atom is -0.454 e. The fourth-order valence-corrected chi connectivity index (χ4v) is 3.59. The van der Waals surface area contributed by atoms with Crippen molar-refractivity contribution in [2.75, 3.05) is 19.9 Å². The van der Waals surface area contributed by atoms with E-state index in [1.807, 2.05) is 23.1 Å². The highest BCUT2D eigenvalue weighted by Gasteiger charge is 2.25. The van der Waals surface area contributed by atoms with Crippen LogP contribution in [0.1, 0.15) is 38.7 Å². The third kappa shape index (κ3) is 4.65. The molecule has 1 aromatic carbocycles. The van der Waals surface area contributed by atoms with Gasteiger partial charge >= 0.3 is 0 Å². The third-order valence-electron chi connectivity index (χ3n) is 4.71. The Hall–Kier alpha value is -2.24. The molecule has 2 heterocycles. The number of hydrogen-bond acceptors (Lipinski definition) is 4. The smallest absolute Gasteiger partial charge is 0.231 e. The van der Waals surface area contributed by atoms with Crippen molar-refractivity contribution in [1.29, 1.82) is 0 Å². The molecule has 6 heteroatoms. The lowest BCUT2D eigenvalue weighted by molar-refractivity contribution is -0.135. The maximum Gasteiger partial charge on any atom is 0.231 e. The van der Waals surface area contributed by atoms with E-state index in [-0.39, 0.29) is 31.4 Å². The van der Waals surface area contributed by atoms with Crippen LogP contribution in [0.3, 0.4) is 0 Å². The summed E-state index contributed by atoms with van der Waals surface area (Å²) >= 11 is 0.